The van der Waals surface area contributed by atoms with Crippen molar-refractivity contribution in [3.63, 3.8) is 0 Å². The zero-order valence-electron chi connectivity index (χ0n) is 11.3. The van der Waals surface area contributed by atoms with E-state index in [1.165, 1.54) is 11.1 Å². The minimum absolute atomic E-state index is 0.265. The molecule has 100 valence electrons. The molecule has 3 heteroatoms. The molecule has 0 aromatic heterocycles. The molecule has 3 nitrogen and oxygen atoms in total. The lowest BCUT2D eigenvalue weighted by Gasteiger charge is -2.33. The number of carbonyl (C=O) groups excluding carboxylic acids is 1. The van der Waals surface area contributed by atoms with Gasteiger partial charge in [-0.2, -0.15) is 0 Å². The smallest absolute Gasteiger partial charge is 0.223 e. The molecule has 1 saturated heterocycles. The van der Waals surface area contributed by atoms with Crippen LogP contribution in [0.1, 0.15) is 17.5 Å². The number of benzene rings is 1. The molecule has 2 atom stereocenters. The summed E-state index contributed by atoms with van der Waals surface area (Å²) in [5, 5.41) is 0. The van der Waals surface area contributed by atoms with Crippen LogP contribution >= 0.6 is 0 Å². The Morgan fingerprint density at radius 3 is 3.00 bits per heavy atom. The zero-order chi connectivity index (χ0) is 13.4. The summed E-state index contributed by atoms with van der Waals surface area (Å²) in [6.45, 7) is 4.41. The van der Waals surface area contributed by atoms with Crippen molar-refractivity contribution in [2.45, 2.75) is 25.3 Å². The molecule has 1 fully saturated rings. The predicted octanol–water partition coefficient (Wildman–Crippen LogP) is 2.20. The van der Waals surface area contributed by atoms with Crippen LogP contribution in [0, 0.1) is 5.92 Å². The van der Waals surface area contributed by atoms with E-state index in [1.807, 2.05) is 23.1 Å². The first-order valence-corrected chi connectivity index (χ1v) is 6.79. The fourth-order valence-electron chi connectivity index (χ4n) is 3.50. The third kappa shape index (κ3) is 1.93. The molecule has 1 amide bonds. The average molecular weight is 257 g/mol. The van der Waals surface area contributed by atoms with E-state index < -0.39 is 0 Å². The van der Waals surface area contributed by atoms with E-state index in [2.05, 4.69) is 12.6 Å². The van der Waals surface area contributed by atoms with E-state index >= 15 is 0 Å². The summed E-state index contributed by atoms with van der Waals surface area (Å²) in [5.41, 5.74) is 2.61. The molecule has 0 spiro atoms. The van der Waals surface area contributed by atoms with Gasteiger partial charge in [0.15, 0.2) is 0 Å². The van der Waals surface area contributed by atoms with Crippen LogP contribution in [0.3, 0.4) is 0 Å². The third-order valence-corrected chi connectivity index (χ3v) is 4.37. The van der Waals surface area contributed by atoms with Crippen molar-refractivity contribution in [2.75, 3.05) is 13.7 Å². The molecular formula is C16H19NO2. The quantitative estimate of drug-likeness (QED) is 0.777. The first-order chi connectivity index (χ1) is 9.24. The number of methoxy groups -OCH3 is 1. The summed E-state index contributed by atoms with van der Waals surface area (Å²) >= 11 is 0. The van der Waals surface area contributed by atoms with Gasteiger partial charge in [0.05, 0.1) is 7.11 Å². The van der Waals surface area contributed by atoms with Gasteiger partial charge >= 0.3 is 0 Å². The molecule has 0 N–H and O–H groups in total. The Morgan fingerprint density at radius 1 is 1.42 bits per heavy atom. The lowest BCUT2D eigenvalue weighted by molar-refractivity contribution is -0.128. The molecule has 2 aliphatic rings. The monoisotopic (exact) mass is 257 g/mol. The lowest BCUT2D eigenvalue weighted by Crippen LogP contribution is -2.39. The number of fused-ring (bicyclic) bond motifs is 2. The second-order valence-electron chi connectivity index (χ2n) is 5.37. The highest BCUT2D eigenvalue weighted by Crippen LogP contribution is 2.39. The first-order valence-electron chi connectivity index (χ1n) is 6.79. The molecule has 0 saturated carbocycles. The van der Waals surface area contributed by atoms with Gasteiger partial charge in [-0.25, -0.2) is 0 Å². The maximum absolute atomic E-state index is 12.1. The largest absolute Gasteiger partial charge is 0.496 e. The minimum Gasteiger partial charge on any atom is -0.496 e. The summed E-state index contributed by atoms with van der Waals surface area (Å²) in [4.78, 5) is 14.1. The maximum atomic E-state index is 12.1. The summed E-state index contributed by atoms with van der Waals surface area (Å²) in [5.74, 6) is 1.67. The first kappa shape index (κ1) is 12.3. The average Bonchev–Trinajstić information content (AvgIpc) is 2.72. The summed E-state index contributed by atoms with van der Waals surface area (Å²) < 4.78 is 5.46. The normalized spacial score (nSPS) is 24.9. The van der Waals surface area contributed by atoms with Crippen molar-refractivity contribution in [1.29, 1.82) is 0 Å². The topological polar surface area (TPSA) is 29.5 Å². The van der Waals surface area contributed by atoms with Gasteiger partial charge in [-0.15, -0.1) is 6.58 Å². The van der Waals surface area contributed by atoms with E-state index in [0.717, 1.165) is 18.6 Å². The molecule has 3 rings (SSSR count). The SMILES string of the molecule is C=CCN1C(=O)C[C@@H]2Cc3cccc(OC)c3C[C@@H]21. The van der Waals surface area contributed by atoms with E-state index in [9.17, 15) is 4.79 Å². The summed E-state index contributed by atoms with van der Waals surface area (Å²) in [6.07, 6.45) is 4.38. The van der Waals surface area contributed by atoms with Crippen molar-refractivity contribution >= 4 is 5.91 Å². The highest BCUT2D eigenvalue weighted by Gasteiger charge is 2.42. The summed E-state index contributed by atoms with van der Waals surface area (Å²) in [7, 11) is 1.71. The summed E-state index contributed by atoms with van der Waals surface area (Å²) in [6, 6.07) is 6.52. The highest BCUT2D eigenvalue weighted by atomic mass is 16.5. The molecule has 0 radical (unpaired) electrons. The van der Waals surface area contributed by atoms with Gasteiger partial charge in [0.1, 0.15) is 5.75 Å². The maximum Gasteiger partial charge on any atom is 0.223 e. The number of carbonyl (C=O) groups is 1. The number of nitrogens with zero attached hydrogens (tertiary/aromatic N) is 1. The molecule has 1 aliphatic carbocycles. The van der Waals surface area contributed by atoms with Crippen LogP contribution in [0.25, 0.3) is 0 Å². The predicted molar refractivity (Wildman–Crippen MR) is 74.2 cm³/mol. The van der Waals surface area contributed by atoms with Crippen LogP contribution in [0.2, 0.25) is 0 Å². The number of ether oxygens (including phenoxy) is 1. The molecule has 0 bridgehead atoms. The second-order valence-corrected chi connectivity index (χ2v) is 5.37. The van der Waals surface area contributed by atoms with Crippen molar-refractivity contribution in [1.82, 2.24) is 4.90 Å². The van der Waals surface area contributed by atoms with Crippen LogP contribution in [0.5, 0.6) is 5.75 Å². The zero-order valence-corrected chi connectivity index (χ0v) is 11.3. The number of amides is 1. The fraction of sp³-hybridized carbons (Fsp3) is 0.438. The van der Waals surface area contributed by atoms with Gasteiger partial charge in [0, 0.05) is 19.0 Å². The van der Waals surface area contributed by atoms with Gasteiger partial charge in [-0.1, -0.05) is 18.2 Å². The number of rotatable bonds is 3. The van der Waals surface area contributed by atoms with E-state index in [-0.39, 0.29) is 5.91 Å². The Kier molecular flexibility index (Phi) is 3.05. The molecular weight excluding hydrogens is 238 g/mol. The van der Waals surface area contributed by atoms with Crippen molar-refractivity contribution in [2.24, 2.45) is 5.92 Å². The van der Waals surface area contributed by atoms with Gasteiger partial charge in [-0.05, 0) is 36.0 Å². The van der Waals surface area contributed by atoms with Gasteiger partial charge < -0.3 is 9.64 Å². The number of hydrogen-bond acceptors (Lipinski definition) is 2. The molecule has 19 heavy (non-hydrogen) atoms. The Bertz CT molecular complexity index is 523. The molecule has 1 heterocycles. The Hall–Kier alpha value is -1.77. The highest BCUT2D eigenvalue weighted by molar-refractivity contribution is 5.80. The van der Waals surface area contributed by atoms with Crippen molar-refractivity contribution < 1.29 is 9.53 Å². The van der Waals surface area contributed by atoms with Crippen molar-refractivity contribution in [3.05, 3.63) is 42.0 Å². The molecule has 1 aromatic rings. The van der Waals surface area contributed by atoms with Gasteiger partial charge in [-0.3, -0.25) is 4.79 Å². The van der Waals surface area contributed by atoms with Crippen molar-refractivity contribution in [3.8, 4) is 5.75 Å². The number of likely N-dealkylation sites (tertiary alicyclic amines) is 1. The fourth-order valence-corrected chi connectivity index (χ4v) is 3.50. The van der Waals surface area contributed by atoms with E-state index in [1.54, 1.807) is 7.11 Å². The van der Waals surface area contributed by atoms with Crippen LogP contribution < -0.4 is 4.74 Å². The van der Waals surface area contributed by atoms with E-state index in [4.69, 9.17) is 4.74 Å². The van der Waals surface area contributed by atoms with E-state index in [0.29, 0.717) is 24.9 Å². The van der Waals surface area contributed by atoms with Gasteiger partial charge in [0.2, 0.25) is 5.91 Å². The van der Waals surface area contributed by atoms with Crippen LogP contribution in [-0.4, -0.2) is 30.5 Å². The lowest BCUT2D eigenvalue weighted by atomic mass is 9.80. The van der Waals surface area contributed by atoms with Crippen LogP contribution in [-0.2, 0) is 17.6 Å². The Labute approximate surface area is 113 Å². The second kappa shape index (κ2) is 4.72. The number of hydrogen-bond donors (Lipinski definition) is 0. The molecule has 1 aromatic carbocycles. The Balaban J connectivity index is 1.95. The third-order valence-electron chi connectivity index (χ3n) is 4.37. The van der Waals surface area contributed by atoms with Crippen LogP contribution in [0.4, 0.5) is 0 Å². The van der Waals surface area contributed by atoms with Crippen LogP contribution in [0.15, 0.2) is 30.9 Å². The minimum atomic E-state index is 0.265. The standard InChI is InChI=1S/C16H19NO2/c1-3-7-17-14-10-13-11(5-4-6-15(13)19-2)8-12(14)9-16(17)18/h3-6,12,14H,1,7-10H2,2H3/t12-,14-/m0/s1. The Morgan fingerprint density at radius 2 is 2.26 bits per heavy atom. The van der Waals surface area contributed by atoms with Gasteiger partial charge in [0.25, 0.3) is 0 Å². The molecule has 0 unspecified atom stereocenters. The molecule has 1 aliphatic heterocycles.